The van der Waals surface area contributed by atoms with Gasteiger partial charge in [0.15, 0.2) is 5.82 Å². The molecular weight excluding hydrogens is 248 g/mol. The van der Waals surface area contributed by atoms with E-state index < -0.39 is 0 Å². The second kappa shape index (κ2) is 4.90. The average Bonchev–Trinajstić information content (AvgIpc) is 2.58. The molecule has 5 heteroatoms. The molecule has 0 aliphatic rings. The predicted molar refractivity (Wildman–Crippen MR) is 76.0 cm³/mol. The summed E-state index contributed by atoms with van der Waals surface area (Å²) in [6.07, 6.45) is 1.79. The molecule has 0 saturated heterocycles. The summed E-state index contributed by atoms with van der Waals surface area (Å²) in [4.78, 5) is 4.53. The number of rotatable bonds is 3. The molecule has 1 aromatic carbocycles. The second-order valence-electron chi connectivity index (χ2n) is 4.34. The lowest BCUT2D eigenvalue weighted by Gasteiger charge is -2.04. The molecule has 0 aliphatic heterocycles. The molecule has 4 nitrogen and oxygen atoms in total. The van der Waals surface area contributed by atoms with Crippen molar-refractivity contribution in [2.75, 3.05) is 11.6 Å². The van der Waals surface area contributed by atoms with Gasteiger partial charge in [0.1, 0.15) is 11.5 Å². The van der Waals surface area contributed by atoms with Crippen LogP contribution in [0.3, 0.4) is 0 Å². The molecule has 0 unspecified atom stereocenters. The van der Waals surface area contributed by atoms with Crippen molar-refractivity contribution in [1.29, 1.82) is 0 Å². The molecule has 4 N–H and O–H groups in total. The highest BCUT2D eigenvalue weighted by molar-refractivity contribution is 6.30. The number of halogens is 1. The molecule has 1 aromatic heterocycles. The van der Waals surface area contributed by atoms with E-state index in [0.717, 1.165) is 35.5 Å². The number of aryl methyl sites for hydroxylation is 2. The number of nitrogens with zero attached hydrogens (tertiary/aromatic N) is 2. The summed E-state index contributed by atoms with van der Waals surface area (Å²) in [5.74, 6) is 7.20. The van der Waals surface area contributed by atoms with Crippen molar-refractivity contribution in [2.24, 2.45) is 0 Å². The van der Waals surface area contributed by atoms with Crippen LogP contribution in [0.2, 0.25) is 5.02 Å². The van der Waals surface area contributed by atoms with Crippen molar-refractivity contribution in [3.05, 3.63) is 34.6 Å². The minimum absolute atomic E-state index is 0.490. The van der Waals surface area contributed by atoms with Gasteiger partial charge in [0.2, 0.25) is 0 Å². The topological polar surface area (TPSA) is 69.9 Å². The predicted octanol–water partition coefficient (Wildman–Crippen LogP) is 2.76. The van der Waals surface area contributed by atoms with Gasteiger partial charge in [-0.25, -0.2) is 9.66 Å². The zero-order chi connectivity index (χ0) is 13.3. The lowest BCUT2D eigenvalue weighted by molar-refractivity contribution is 0.794. The fourth-order valence-electron chi connectivity index (χ4n) is 1.98. The number of aromatic nitrogens is 2. The van der Waals surface area contributed by atoms with Crippen molar-refractivity contribution in [1.82, 2.24) is 9.66 Å². The zero-order valence-electron chi connectivity index (χ0n) is 10.6. The molecule has 0 bridgehead atoms. The normalized spacial score (nSPS) is 10.8. The first-order valence-corrected chi connectivity index (χ1v) is 6.31. The molecular formula is C13H17ClN4. The van der Waals surface area contributed by atoms with Gasteiger partial charge in [0.05, 0.1) is 0 Å². The van der Waals surface area contributed by atoms with Crippen molar-refractivity contribution < 1.29 is 0 Å². The van der Waals surface area contributed by atoms with Crippen LogP contribution in [0.25, 0.3) is 11.3 Å². The Hall–Kier alpha value is -1.68. The minimum Gasteiger partial charge on any atom is -0.382 e. The summed E-state index contributed by atoms with van der Waals surface area (Å²) in [5, 5.41) is 0.704. The highest BCUT2D eigenvalue weighted by Gasteiger charge is 2.15. The van der Waals surface area contributed by atoms with E-state index in [9.17, 15) is 0 Å². The van der Waals surface area contributed by atoms with E-state index in [4.69, 9.17) is 23.2 Å². The lowest BCUT2D eigenvalue weighted by Crippen LogP contribution is -2.15. The van der Waals surface area contributed by atoms with Crippen LogP contribution >= 0.6 is 11.6 Å². The van der Waals surface area contributed by atoms with Crippen LogP contribution < -0.4 is 11.6 Å². The van der Waals surface area contributed by atoms with Gasteiger partial charge in [0, 0.05) is 17.0 Å². The van der Waals surface area contributed by atoms with Crippen molar-refractivity contribution in [2.45, 2.75) is 26.7 Å². The number of nitrogen functional groups attached to an aromatic ring is 2. The number of imidazole rings is 1. The number of benzene rings is 1. The highest BCUT2D eigenvalue weighted by atomic mass is 35.5. The Kier molecular flexibility index (Phi) is 3.48. The van der Waals surface area contributed by atoms with Crippen LogP contribution in [0.1, 0.15) is 24.7 Å². The van der Waals surface area contributed by atoms with E-state index in [1.54, 1.807) is 0 Å². The van der Waals surface area contributed by atoms with Gasteiger partial charge in [-0.1, -0.05) is 24.6 Å². The molecule has 0 atom stereocenters. The van der Waals surface area contributed by atoms with Crippen LogP contribution in [0.4, 0.5) is 5.82 Å². The molecule has 18 heavy (non-hydrogen) atoms. The summed E-state index contributed by atoms with van der Waals surface area (Å²) in [7, 11) is 0. The smallest absolute Gasteiger partial charge is 0.150 e. The summed E-state index contributed by atoms with van der Waals surface area (Å²) in [6.45, 7) is 4.06. The van der Waals surface area contributed by atoms with Gasteiger partial charge < -0.3 is 11.6 Å². The van der Waals surface area contributed by atoms with Gasteiger partial charge in [-0.05, 0) is 31.0 Å². The molecule has 0 saturated carbocycles. The van der Waals surface area contributed by atoms with E-state index in [-0.39, 0.29) is 0 Å². The fraction of sp³-hybridized carbons (Fsp3) is 0.308. The number of anilines is 1. The molecule has 0 amide bonds. The van der Waals surface area contributed by atoms with Gasteiger partial charge in [0.25, 0.3) is 0 Å². The number of nitrogens with two attached hydrogens (primary N) is 2. The third kappa shape index (κ3) is 2.16. The van der Waals surface area contributed by atoms with Crippen molar-refractivity contribution in [3.63, 3.8) is 0 Å². The number of hydrogen-bond acceptors (Lipinski definition) is 3. The molecule has 0 spiro atoms. The Morgan fingerprint density at radius 1 is 1.39 bits per heavy atom. The van der Waals surface area contributed by atoms with E-state index in [2.05, 4.69) is 11.9 Å². The molecule has 2 aromatic rings. The van der Waals surface area contributed by atoms with Crippen molar-refractivity contribution >= 4 is 17.4 Å². The standard InChI is InChI=1S/C13H17ClN4/c1-3-4-11-17-12(13(15)18(11)16)10-6-5-9(14)7-8(10)2/h5-7H,3-4,15-16H2,1-2H3. The third-order valence-electron chi connectivity index (χ3n) is 2.94. The molecule has 0 aliphatic carbocycles. The maximum atomic E-state index is 6.02. The Morgan fingerprint density at radius 2 is 2.11 bits per heavy atom. The van der Waals surface area contributed by atoms with E-state index >= 15 is 0 Å². The highest BCUT2D eigenvalue weighted by Crippen LogP contribution is 2.29. The van der Waals surface area contributed by atoms with Crippen LogP contribution in [-0.4, -0.2) is 9.66 Å². The minimum atomic E-state index is 0.490. The Labute approximate surface area is 112 Å². The SMILES string of the molecule is CCCc1nc(-c2ccc(Cl)cc2C)c(N)n1N. The zero-order valence-corrected chi connectivity index (χ0v) is 11.3. The van der Waals surface area contributed by atoms with Gasteiger partial charge in [-0.2, -0.15) is 0 Å². The maximum absolute atomic E-state index is 6.02. The first-order valence-electron chi connectivity index (χ1n) is 5.93. The third-order valence-corrected chi connectivity index (χ3v) is 3.17. The van der Waals surface area contributed by atoms with Crippen LogP contribution in [-0.2, 0) is 6.42 Å². The Balaban J connectivity index is 2.53. The first-order chi connectivity index (χ1) is 8.54. The molecule has 0 fully saturated rings. The average molecular weight is 265 g/mol. The van der Waals surface area contributed by atoms with Crippen LogP contribution in [0.5, 0.6) is 0 Å². The fourth-order valence-corrected chi connectivity index (χ4v) is 2.21. The molecule has 2 rings (SSSR count). The van der Waals surface area contributed by atoms with Crippen LogP contribution in [0, 0.1) is 6.92 Å². The molecule has 1 heterocycles. The summed E-state index contributed by atoms with van der Waals surface area (Å²) in [5.41, 5.74) is 8.75. The van der Waals surface area contributed by atoms with E-state index in [1.165, 1.54) is 4.68 Å². The van der Waals surface area contributed by atoms with E-state index in [0.29, 0.717) is 10.8 Å². The second-order valence-corrected chi connectivity index (χ2v) is 4.78. The van der Waals surface area contributed by atoms with Gasteiger partial charge in [-0.15, -0.1) is 0 Å². The number of hydrogen-bond donors (Lipinski definition) is 2. The van der Waals surface area contributed by atoms with Crippen molar-refractivity contribution in [3.8, 4) is 11.3 Å². The van der Waals surface area contributed by atoms with Gasteiger partial charge in [-0.3, -0.25) is 0 Å². The lowest BCUT2D eigenvalue weighted by atomic mass is 10.1. The Morgan fingerprint density at radius 3 is 2.72 bits per heavy atom. The Bertz CT molecular complexity index is 575. The first kappa shape index (κ1) is 12.8. The maximum Gasteiger partial charge on any atom is 0.150 e. The molecule has 96 valence electrons. The summed E-state index contributed by atoms with van der Waals surface area (Å²) >= 11 is 5.95. The summed E-state index contributed by atoms with van der Waals surface area (Å²) < 4.78 is 1.47. The van der Waals surface area contributed by atoms with E-state index in [1.807, 2.05) is 25.1 Å². The van der Waals surface area contributed by atoms with Crippen LogP contribution in [0.15, 0.2) is 18.2 Å². The molecule has 0 radical (unpaired) electrons. The largest absolute Gasteiger partial charge is 0.382 e. The summed E-state index contributed by atoms with van der Waals surface area (Å²) in [6, 6.07) is 5.65. The van der Waals surface area contributed by atoms with Gasteiger partial charge >= 0.3 is 0 Å². The quantitative estimate of drug-likeness (QED) is 0.838. The monoisotopic (exact) mass is 264 g/mol.